The average Bonchev–Trinajstić information content (AvgIpc) is 2.83. The topological polar surface area (TPSA) is 71.5 Å². The van der Waals surface area contributed by atoms with Crippen LogP contribution in [0.25, 0.3) is 0 Å². The number of carbonyl (C=O) groups excluding carboxylic acids is 1. The Balaban J connectivity index is 2.00. The maximum Gasteiger partial charge on any atom is 0.254 e. The Morgan fingerprint density at radius 1 is 1.58 bits per heavy atom. The molecule has 0 spiro atoms. The second-order valence-corrected chi connectivity index (χ2v) is 4.37. The number of hydrogen-bond donors (Lipinski definition) is 2. The van der Waals surface area contributed by atoms with Crippen LogP contribution in [0.4, 0.5) is 5.82 Å². The lowest BCUT2D eigenvalue weighted by atomic mass is 10.2. The first-order valence-electron chi connectivity index (χ1n) is 6.22. The zero-order valence-electron chi connectivity index (χ0n) is 10.7. The van der Waals surface area contributed by atoms with Gasteiger partial charge in [0.05, 0.1) is 6.10 Å². The van der Waals surface area contributed by atoms with Crippen molar-refractivity contribution in [1.82, 2.24) is 4.98 Å². The fourth-order valence-electron chi connectivity index (χ4n) is 1.91. The standard InChI is InChI=1S/C14H16N2O3/c1-10-7-8-12(19-10)14(18)16-13-6-2-4-11(15-13)5-3-9-17/h2,4,6,10,12,17H,7-9H2,1H3,(H,15,16,18). The van der Waals surface area contributed by atoms with E-state index in [0.29, 0.717) is 11.5 Å². The fraction of sp³-hybridized carbons (Fsp3) is 0.429. The van der Waals surface area contributed by atoms with Crippen LogP contribution in [0, 0.1) is 11.8 Å². The summed E-state index contributed by atoms with van der Waals surface area (Å²) >= 11 is 0. The smallest absolute Gasteiger partial charge is 0.254 e. The van der Waals surface area contributed by atoms with Crippen molar-refractivity contribution < 1.29 is 14.6 Å². The van der Waals surface area contributed by atoms with Gasteiger partial charge >= 0.3 is 0 Å². The van der Waals surface area contributed by atoms with E-state index in [9.17, 15) is 4.79 Å². The van der Waals surface area contributed by atoms with Crippen molar-refractivity contribution in [3.8, 4) is 11.8 Å². The predicted molar refractivity (Wildman–Crippen MR) is 70.4 cm³/mol. The fourth-order valence-corrected chi connectivity index (χ4v) is 1.91. The lowest BCUT2D eigenvalue weighted by Gasteiger charge is -2.11. The molecule has 0 aromatic carbocycles. The highest BCUT2D eigenvalue weighted by molar-refractivity contribution is 5.93. The number of aromatic nitrogens is 1. The zero-order chi connectivity index (χ0) is 13.7. The minimum atomic E-state index is -0.399. The van der Waals surface area contributed by atoms with Crippen LogP contribution >= 0.6 is 0 Å². The Hall–Kier alpha value is -1.90. The molecule has 1 fully saturated rings. The molecule has 2 N–H and O–H groups in total. The molecule has 0 aliphatic carbocycles. The maximum atomic E-state index is 11.9. The van der Waals surface area contributed by atoms with Crippen LogP contribution in [0.2, 0.25) is 0 Å². The van der Waals surface area contributed by atoms with Crippen LogP contribution in [-0.2, 0) is 9.53 Å². The molecule has 2 unspecified atom stereocenters. The van der Waals surface area contributed by atoms with E-state index in [0.717, 1.165) is 12.8 Å². The third-order valence-electron chi connectivity index (χ3n) is 2.82. The van der Waals surface area contributed by atoms with E-state index in [1.807, 2.05) is 6.92 Å². The first-order valence-corrected chi connectivity index (χ1v) is 6.22. The molecule has 1 aromatic heterocycles. The minimum absolute atomic E-state index is 0.130. The van der Waals surface area contributed by atoms with Gasteiger partial charge in [-0.1, -0.05) is 12.0 Å². The maximum absolute atomic E-state index is 11.9. The molecule has 1 amide bonds. The summed E-state index contributed by atoms with van der Waals surface area (Å²) in [5.41, 5.74) is 0.507. The summed E-state index contributed by atoms with van der Waals surface area (Å²) in [5.74, 6) is 5.47. The molecular formula is C14H16N2O3. The summed E-state index contributed by atoms with van der Waals surface area (Å²) in [7, 11) is 0. The van der Waals surface area contributed by atoms with Crippen molar-refractivity contribution in [3.63, 3.8) is 0 Å². The Morgan fingerprint density at radius 3 is 3.11 bits per heavy atom. The van der Waals surface area contributed by atoms with E-state index in [1.54, 1.807) is 18.2 Å². The number of nitrogens with one attached hydrogen (secondary N) is 1. The second-order valence-electron chi connectivity index (χ2n) is 4.37. The van der Waals surface area contributed by atoms with Crippen molar-refractivity contribution in [2.75, 3.05) is 11.9 Å². The molecule has 1 saturated heterocycles. The van der Waals surface area contributed by atoms with E-state index >= 15 is 0 Å². The number of amides is 1. The largest absolute Gasteiger partial charge is 0.384 e. The number of carbonyl (C=O) groups is 1. The molecule has 5 nitrogen and oxygen atoms in total. The Labute approximate surface area is 112 Å². The second kappa shape index (κ2) is 6.32. The van der Waals surface area contributed by atoms with Gasteiger partial charge in [0.2, 0.25) is 0 Å². The summed E-state index contributed by atoms with van der Waals surface area (Å²) in [4.78, 5) is 16.1. The van der Waals surface area contributed by atoms with Gasteiger partial charge in [0.1, 0.15) is 24.2 Å². The molecule has 19 heavy (non-hydrogen) atoms. The number of ether oxygens (including phenoxy) is 1. The molecule has 2 atom stereocenters. The number of pyridine rings is 1. The summed E-state index contributed by atoms with van der Waals surface area (Å²) < 4.78 is 5.49. The van der Waals surface area contributed by atoms with Crippen molar-refractivity contribution in [1.29, 1.82) is 0 Å². The van der Waals surface area contributed by atoms with E-state index in [4.69, 9.17) is 9.84 Å². The van der Waals surface area contributed by atoms with Crippen LogP contribution in [0.5, 0.6) is 0 Å². The Morgan fingerprint density at radius 2 is 2.42 bits per heavy atom. The third-order valence-corrected chi connectivity index (χ3v) is 2.82. The number of anilines is 1. The van der Waals surface area contributed by atoms with Gasteiger partial charge in [0, 0.05) is 0 Å². The number of aliphatic hydroxyl groups is 1. The number of rotatable bonds is 2. The highest BCUT2D eigenvalue weighted by Crippen LogP contribution is 2.20. The first-order chi connectivity index (χ1) is 9.19. The highest BCUT2D eigenvalue weighted by Gasteiger charge is 2.28. The molecule has 2 heterocycles. The molecule has 5 heteroatoms. The molecule has 0 radical (unpaired) electrons. The van der Waals surface area contributed by atoms with Crippen molar-refractivity contribution in [2.45, 2.75) is 32.0 Å². The SMILES string of the molecule is CC1CCC(C(=O)Nc2cccc(C#CCO)n2)O1. The van der Waals surface area contributed by atoms with Crippen molar-refractivity contribution in [2.24, 2.45) is 0 Å². The molecular weight excluding hydrogens is 244 g/mol. The van der Waals surface area contributed by atoms with E-state index < -0.39 is 6.10 Å². The number of aliphatic hydroxyl groups excluding tert-OH is 1. The number of hydrogen-bond acceptors (Lipinski definition) is 4. The van der Waals surface area contributed by atoms with E-state index in [2.05, 4.69) is 22.1 Å². The predicted octanol–water partition coefficient (Wildman–Crippen LogP) is 0.931. The lowest BCUT2D eigenvalue weighted by Crippen LogP contribution is -2.28. The van der Waals surface area contributed by atoms with Gasteiger partial charge in [-0.3, -0.25) is 4.79 Å². The van der Waals surface area contributed by atoms with Gasteiger partial charge < -0.3 is 15.2 Å². The molecule has 100 valence electrons. The molecule has 1 aromatic rings. The lowest BCUT2D eigenvalue weighted by molar-refractivity contribution is -0.126. The molecule has 1 aliphatic heterocycles. The van der Waals surface area contributed by atoms with Crippen LogP contribution in [0.15, 0.2) is 18.2 Å². The monoisotopic (exact) mass is 260 g/mol. The van der Waals surface area contributed by atoms with E-state index in [1.165, 1.54) is 0 Å². The van der Waals surface area contributed by atoms with Gasteiger partial charge in [0.25, 0.3) is 5.91 Å². The van der Waals surface area contributed by atoms with Crippen LogP contribution in [0.3, 0.4) is 0 Å². The molecule has 1 aliphatic rings. The third kappa shape index (κ3) is 3.78. The average molecular weight is 260 g/mol. The number of nitrogens with zero attached hydrogens (tertiary/aromatic N) is 1. The van der Waals surface area contributed by atoms with Crippen LogP contribution in [-0.4, -0.2) is 34.8 Å². The van der Waals surface area contributed by atoms with Crippen LogP contribution < -0.4 is 5.32 Å². The first kappa shape index (κ1) is 13.5. The summed E-state index contributed by atoms with van der Waals surface area (Å²) in [6.45, 7) is 1.74. The summed E-state index contributed by atoms with van der Waals surface area (Å²) in [6.07, 6.45) is 1.36. The summed E-state index contributed by atoms with van der Waals surface area (Å²) in [6, 6.07) is 5.16. The van der Waals surface area contributed by atoms with Crippen LogP contribution in [0.1, 0.15) is 25.5 Å². The van der Waals surface area contributed by atoms with Gasteiger partial charge in [0.15, 0.2) is 0 Å². The molecule has 2 rings (SSSR count). The van der Waals surface area contributed by atoms with Crippen molar-refractivity contribution in [3.05, 3.63) is 23.9 Å². The molecule has 0 bridgehead atoms. The highest BCUT2D eigenvalue weighted by atomic mass is 16.5. The van der Waals surface area contributed by atoms with Crippen molar-refractivity contribution >= 4 is 11.7 Å². The minimum Gasteiger partial charge on any atom is -0.384 e. The van der Waals surface area contributed by atoms with Gasteiger partial charge in [-0.05, 0) is 37.8 Å². The Kier molecular flexibility index (Phi) is 4.50. The quantitative estimate of drug-likeness (QED) is 0.776. The van der Waals surface area contributed by atoms with Gasteiger partial charge in [-0.2, -0.15) is 0 Å². The Bertz CT molecular complexity index is 519. The zero-order valence-corrected chi connectivity index (χ0v) is 10.7. The van der Waals surface area contributed by atoms with Gasteiger partial charge in [-0.25, -0.2) is 4.98 Å². The normalized spacial score (nSPS) is 21.6. The molecule has 0 saturated carbocycles. The van der Waals surface area contributed by atoms with Gasteiger partial charge in [-0.15, -0.1) is 0 Å². The summed E-state index contributed by atoms with van der Waals surface area (Å²) in [5, 5.41) is 11.3. The van der Waals surface area contributed by atoms with E-state index in [-0.39, 0.29) is 18.6 Å².